The first kappa shape index (κ1) is 29.7. The van der Waals surface area contributed by atoms with E-state index < -0.39 is 0 Å². The van der Waals surface area contributed by atoms with E-state index in [0.717, 1.165) is 0 Å². The lowest BCUT2D eigenvalue weighted by atomic mass is 9.80. The number of hydrogen-bond acceptors (Lipinski definition) is 0. The minimum Gasteiger partial charge on any atom is -0.0622 e. The quantitative estimate of drug-likeness (QED) is 0.167. The van der Waals surface area contributed by atoms with Gasteiger partial charge in [0.05, 0.1) is 0 Å². The third-order valence-electron chi connectivity index (χ3n) is 11.3. The summed E-state index contributed by atoms with van der Waals surface area (Å²) in [5.41, 5.74) is 15.4. The fraction of sp³-hybridized carbons (Fsp3) is 0.0588. The summed E-state index contributed by atoms with van der Waals surface area (Å²) in [5.74, 6) is 0. The van der Waals surface area contributed by atoms with Crippen LogP contribution >= 0.6 is 0 Å². The molecule has 0 unspecified atom stereocenters. The normalized spacial score (nSPS) is 13.1. The highest BCUT2D eigenvalue weighted by molar-refractivity contribution is 6.22. The van der Waals surface area contributed by atoms with Crippen LogP contribution in [-0.2, 0) is 5.41 Å². The van der Waals surface area contributed by atoms with Crippen molar-refractivity contribution in [2.24, 2.45) is 0 Å². The molecule has 9 aromatic carbocycles. The minimum atomic E-state index is -0.0791. The maximum Gasteiger partial charge on any atom is 0.0159 e. The van der Waals surface area contributed by atoms with Crippen LogP contribution in [0.25, 0.3) is 88.0 Å². The summed E-state index contributed by atoms with van der Waals surface area (Å²) in [5, 5.41) is 7.61. The second kappa shape index (κ2) is 11.4. The molecule has 0 saturated carbocycles. The first-order valence-corrected chi connectivity index (χ1v) is 17.9. The fourth-order valence-corrected chi connectivity index (χ4v) is 8.67. The van der Waals surface area contributed by atoms with Gasteiger partial charge in [-0.3, -0.25) is 0 Å². The molecule has 0 aliphatic heterocycles. The molecular formula is C51H36. The molecule has 0 N–H and O–H groups in total. The molecule has 0 bridgehead atoms. The van der Waals surface area contributed by atoms with Gasteiger partial charge in [0.25, 0.3) is 0 Å². The van der Waals surface area contributed by atoms with Crippen LogP contribution in [0.3, 0.4) is 0 Å². The average Bonchev–Trinajstić information content (AvgIpc) is 3.42. The molecule has 240 valence electrons. The maximum absolute atomic E-state index is 2.48. The molecule has 0 aromatic heterocycles. The molecule has 1 aliphatic rings. The molecule has 0 nitrogen and oxygen atoms in total. The van der Waals surface area contributed by atoms with E-state index in [1.807, 2.05) is 0 Å². The Hall–Kier alpha value is -6.24. The van der Waals surface area contributed by atoms with E-state index in [1.54, 1.807) is 0 Å². The molecule has 10 rings (SSSR count). The Morgan fingerprint density at radius 2 is 0.824 bits per heavy atom. The van der Waals surface area contributed by atoms with Gasteiger partial charge in [0.2, 0.25) is 0 Å². The highest BCUT2D eigenvalue weighted by Gasteiger charge is 2.35. The molecular weight excluding hydrogens is 613 g/mol. The van der Waals surface area contributed by atoms with E-state index in [4.69, 9.17) is 0 Å². The predicted molar refractivity (Wildman–Crippen MR) is 218 cm³/mol. The van der Waals surface area contributed by atoms with Gasteiger partial charge in [0, 0.05) is 5.41 Å². The van der Waals surface area contributed by atoms with Gasteiger partial charge in [-0.05, 0) is 117 Å². The Morgan fingerprint density at radius 1 is 0.294 bits per heavy atom. The average molecular weight is 649 g/mol. The van der Waals surface area contributed by atoms with Crippen LogP contribution in [0.4, 0.5) is 0 Å². The van der Waals surface area contributed by atoms with E-state index in [0.29, 0.717) is 0 Å². The van der Waals surface area contributed by atoms with Gasteiger partial charge in [-0.25, -0.2) is 0 Å². The number of rotatable bonds is 4. The zero-order chi connectivity index (χ0) is 34.1. The molecule has 0 spiro atoms. The highest BCUT2D eigenvalue weighted by Crippen LogP contribution is 2.51. The summed E-state index contributed by atoms with van der Waals surface area (Å²) >= 11 is 0. The Balaban J connectivity index is 1.25. The van der Waals surface area contributed by atoms with Crippen LogP contribution in [-0.4, -0.2) is 0 Å². The highest BCUT2D eigenvalue weighted by atomic mass is 14.4. The van der Waals surface area contributed by atoms with E-state index in [9.17, 15) is 0 Å². The number of hydrogen-bond donors (Lipinski definition) is 0. The molecule has 0 amide bonds. The van der Waals surface area contributed by atoms with Crippen LogP contribution in [0.15, 0.2) is 182 Å². The van der Waals surface area contributed by atoms with Gasteiger partial charge in [0.15, 0.2) is 0 Å². The van der Waals surface area contributed by atoms with Crippen LogP contribution < -0.4 is 0 Å². The maximum atomic E-state index is 2.48. The van der Waals surface area contributed by atoms with E-state index >= 15 is 0 Å². The molecule has 0 fully saturated rings. The molecule has 0 saturated heterocycles. The van der Waals surface area contributed by atoms with Crippen molar-refractivity contribution in [1.82, 2.24) is 0 Å². The van der Waals surface area contributed by atoms with Crippen molar-refractivity contribution in [3.8, 4) is 55.6 Å². The van der Waals surface area contributed by atoms with Crippen molar-refractivity contribution in [3.63, 3.8) is 0 Å². The fourth-order valence-electron chi connectivity index (χ4n) is 8.67. The standard InChI is InChI=1S/C51H36/c1-51(2)47-19-11-10-16-41(47)42-28-27-40(32-48(42)51)50-44-18-9-8-17-43(44)49(36-23-20-35(21-24-36)33-12-4-3-5-13-33)45-29-26-39(31-46(45)50)38-25-22-34-14-6-7-15-37(34)30-38/h3-32H,1-2H3. The molecule has 1 aliphatic carbocycles. The monoisotopic (exact) mass is 648 g/mol. The largest absolute Gasteiger partial charge is 0.0622 e. The summed E-state index contributed by atoms with van der Waals surface area (Å²) in [6, 6.07) is 67.5. The SMILES string of the molecule is CC1(C)c2ccccc2-c2ccc(-c3c4ccccc4c(-c4ccc(-c5ccccc5)cc4)c4ccc(-c5ccc6ccccc6c5)cc34)cc21. The lowest BCUT2D eigenvalue weighted by Crippen LogP contribution is -2.14. The summed E-state index contributed by atoms with van der Waals surface area (Å²) < 4.78 is 0. The van der Waals surface area contributed by atoms with Crippen LogP contribution in [0.5, 0.6) is 0 Å². The smallest absolute Gasteiger partial charge is 0.0159 e. The van der Waals surface area contributed by atoms with E-state index in [2.05, 4.69) is 196 Å². The molecule has 0 heterocycles. The predicted octanol–water partition coefficient (Wildman–Crippen LogP) is 14.1. The second-order valence-electron chi connectivity index (χ2n) is 14.5. The van der Waals surface area contributed by atoms with Gasteiger partial charge < -0.3 is 0 Å². The van der Waals surface area contributed by atoms with Crippen LogP contribution in [0, 0.1) is 0 Å². The van der Waals surface area contributed by atoms with Gasteiger partial charge in [-0.15, -0.1) is 0 Å². The number of benzene rings is 9. The minimum absolute atomic E-state index is 0.0791. The summed E-state index contributed by atoms with van der Waals surface area (Å²) in [6.45, 7) is 4.75. The van der Waals surface area contributed by atoms with Crippen molar-refractivity contribution in [2.75, 3.05) is 0 Å². The first-order valence-electron chi connectivity index (χ1n) is 17.9. The zero-order valence-electron chi connectivity index (χ0n) is 28.8. The molecule has 9 aromatic rings. The molecule has 0 heteroatoms. The number of fused-ring (bicyclic) bond motifs is 6. The van der Waals surface area contributed by atoms with Gasteiger partial charge in [-0.1, -0.05) is 178 Å². The molecule has 0 atom stereocenters. The Labute approximate surface area is 299 Å². The lowest BCUT2D eigenvalue weighted by molar-refractivity contribution is 0.660. The van der Waals surface area contributed by atoms with Crippen LogP contribution in [0.2, 0.25) is 0 Å². The Morgan fingerprint density at radius 3 is 1.63 bits per heavy atom. The Kier molecular flexibility index (Phi) is 6.63. The van der Waals surface area contributed by atoms with Crippen molar-refractivity contribution in [3.05, 3.63) is 193 Å². The van der Waals surface area contributed by atoms with Gasteiger partial charge in [0.1, 0.15) is 0 Å². The zero-order valence-corrected chi connectivity index (χ0v) is 28.8. The Bertz CT molecular complexity index is 2800. The summed E-state index contributed by atoms with van der Waals surface area (Å²) in [6.07, 6.45) is 0. The topological polar surface area (TPSA) is 0 Å². The third-order valence-corrected chi connectivity index (χ3v) is 11.3. The first-order chi connectivity index (χ1) is 25.0. The summed E-state index contributed by atoms with van der Waals surface area (Å²) in [7, 11) is 0. The van der Waals surface area contributed by atoms with Crippen LogP contribution in [0.1, 0.15) is 25.0 Å². The summed E-state index contributed by atoms with van der Waals surface area (Å²) in [4.78, 5) is 0. The van der Waals surface area contributed by atoms with Gasteiger partial charge >= 0.3 is 0 Å². The lowest BCUT2D eigenvalue weighted by Gasteiger charge is -2.23. The second-order valence-corrected chi connectivity index (χ2v) is 14.5. The third kappa shape index (κ3) is 4.68. The van der Waals surface area contributed by atoms with E-state index in [1.165, 1.54) is 99.1 Å². The van der Waals surface area contributed by atoms with Gasteiger partial charge in [-0.2, -0.15) is 0 Å². The van der Waals surface area contributed by atoms with E-state index in [-0.39, 0.29) is 5.41 Å². The van der Waals surface area contributed by atoms with Crippen molar-refractivity contribution >= 4 is 32.3 Å². The van der Waals surface area contributed by atoms with Crippen molar-refractivity contribution < 1.29 is 0 Å². The molecule has 0 radical (unpaired) electrons. The molecule has 51 heavy (non-hydrogen) atoms. The van der Waals surface area contributed by atoms with Crippen molar-refractivity contribution in [1.29, 1.82) is 0 Å². The van der Waals surface area contributed by atoms with Crippen molar-refractivity contribution in [2.45, 2.75) is 19.3 Å².